The molecule has 1 aromatic carbocycles. The minimum absolute atomic E-state index is 0.135. The average molecular weight is 318 g/mol. The minimum Gasteiger partial charge on any atom is -0.491 e. The van der Waals surface area contributed by atoms with Crippen LogP contribution in [0.2, 0.25) is 0 Å². The molecule has 0 bridgehead atoms. The van der Waals surface area contributed by atoms with Crippen molar-refractivity contribution in [2.75, 3.05) is 11.9 Å². The van der Waals surface area contributed by atoms with Crippen LogP contribution < -0.4 is 10.1 Å². The first-order chi connectivity index (χ1) is 11.1. The van der Waals surface area contributed by atoms with Crippen LogP contribution in [0.3, 0.4) is 0 Å². The summed E-state index contributed by atoms with van der Waals surface area (Å²) in [5.41, 5.74) is 0.355. The minimum atomic E-state index is -1.19. The Balaban J connectivity index is 1.97. The lowest BCUT2D eigenvalue weighted by atomic mass is 10.3. The molecule has 2 aromatic rings. The molecule has 0 saturated carbocycles. The van der Waals surface area contributed by atoms with Crippen molar-refractivity contribution in [1.29, 1.82) is 0 Å². The highest BCUT2D eigenvalue weighted by Crippen LogP contribution is 2.23. The van der Waals surface area contributed by atoms with Crippen molar-refractivity contribution in [1.82, 2.24) is 15.0 Å². The fourth-order valence-electron chi connectivity index (χ4n) is 1.83. The number of benzene rings is 1. The lowest BCUT2D eigenvalue weighted by Gasteiger charge is -2.12. The summed E-state index contributed by atoms with van der Waals surface area (Å²) in [6.07, 6.45) is 3.15. The Morgan fingerprint density at radius 1 is 1.35 bits per heavy atom. The first kappa shape index (κ1) is 16.5. The maximum atomic E-state index is 12.0. The highest BCUT2D eigenvalue weighted by molar-refractivity contribution is 5.92. The van der Waals surface area contributed by atoms with E-state index in [-0.39, 0.29) is 18.1 Å². The molecule has 0 saturated heterocycles. The quantitative estimate of drug-likeness (QED) is 0.719. The number of carboxylic acid groups (broad SMARTS) is 1. The second kappa shape index (κ2) is 7.92. The van der Waals surface area contributed by atoms with Gasteiger partial charge in [-0.3, -0.25) is 4.79 Å². The third-order valence-electron chi connectivity index (χ3n) is 2.98. The van der Waals surface area contributed by atoms with Crippen LogP contribution in [0.1, 0.15) is 30.3 Å². The Labute approximate surface area is 133 Å². The molecule has 0 radical (unpaired) electrons. The molecule has 1 aromatic heterocycles. The number of hydrogen-bond acceptors (Lipinski definition) is 5. The summed E-state index contributed by atoms with van der Waals surface area (Å²) in [6, 6.07) is 7.14. The molecule has 0 aliphatic heterocycles. The molecule has 2 rings (SSSR count). The van der Waals surface area contributed by atoms with Crippen molar-refractivity contribution in [3.8, 4) is 5.75 Å². The predicted octanol–water partition coefficient (Wildman–Crippen LogP) is 1.79. The predicted molar refractivity (Wildman–Crippen MR) is 82.5 cm³/mol. The van der Waals surface area contributed by atoms with Gasteiger partial charge in [-0.05, 0) is 18.6 Å². The Morgan fingerprint density at radius 3 is 2.83 bits per heavy atom. The molecule has 0 aliphatic rings. The van der Waals surface area contributed by atoms with E-state index in [9.17, 15) is 9.59 Å². The van der Waals surface area contributed by atoms with Gasteiger partial charge in [-0.15, -0.1) is 5.10 Å². The third kappa shape index (κ3) is 4.80. The maximum absolute atomic E-state index is 12.0. The van der Waals surface area contributed by atoms with Gasteiger partial charge in [0.05, 0.1) is 18.5 Å². The van der Waals surface area contributed by atoms with Gasteiger partial charge in [0.1, 0.15) is 12.3 Å². The van der Waals surface area contributed by atoms with Gasteiger partial charge >= 0.3 is 5.97 Å². The van der Waals surface area contributed by atoms with E-state index in [0.29, 0.717) is 18.0 Å². The zero-order valence-corrected chi connectivity index (χ0v) is 12.7. The molecule has 1 heterocycles. The van der Waals surface area contributed by atoms with Crippen molar-refractivity contribution in [3.63, 3.8) is 0 Å². The normalized spacial score (nSPS) is 10.3. The van der Waals surface area contributed by atoms with Gasteiger partial charge in [-0.2, -0.15) is 0 Å². The first-order valence-electron chi connectivity index (χ1n) is 7.25. The van der Waals surface area contributed by atoms with Gasteiger partial charge in [-0.25, -0.2) is 9.48 Å². The number of nitrogens with one attached hydrogen (secondary N) is 1. The van der Waals surface area contributed by atoms with E-state index in [4.69, 9.17) is 9.84 Å². The van der Waals surface area contributed by atoms with E-state index >= 15 is 0 Å². The smallest absolute Gasteiger partial charge is 0.358 e. The van der Waals surface area contributed by atoms with Crippen LogP contribution in [0.15, 0.2) is 30.5 Å². The van der Waals surface area contributed by atoms with Crippen molar-refractivity contribution >= 4 is 17.6 Å². The van der Waals surface area contributed by atoms with E-state index in [2.05, 4.69) is 22.6 Å². The summed E-state index contributed by atoms with van der Waals surface area (Å²) in [6.45, 7) is 2.51. The molecule has 8 heteroatoms. The summed E-state index contributed by atoms with van der Waals surface area (Å²) in [7, 11) is 0. The van der Waals surface area contributed by atoms with Crippen molar-refractivity contribution in [2.45, 2.75) is 26.3 Å². The van der Waals surface area contributed by atoms with Gasteiger partial charge in [-0.1, -0.05) is 30.7 Å². The number of carboxylic acids is 1. The van der Waals surface area contributed by atoms with Crippen LogP contribution in [0, 0.1) is 0 Å². The number of para-hydroxylation sites is 2. The van der Waals surface area contributed by atoms with Crippen LogP contribution in [0.4, 0.5) is 5.69 Å². The van der Waals surface area contributed by atoms with Crippen molar-refractivity contribution in [2.24, 2.45) is 0 Å². The second-order valence-electron chi connectivity index (χ2n) is 4.85. The van der Waals surface area contributed by atoms with Crippen LogP contribution in [0.5, 0.6) is 5.75 Å². The Kier molecular flexibility index (Phi) is 5.67. The maximum Gasteiger partial charge on any atom is 0.358 e. The second-order valence-corrected chi connectivity index (χ2v) is 4.85. The number of amides is 1. The number of carbonyl (C=O) groups is 2. The number of aromatic nitrogens is 3. The summed E-state index contributed by atoms with van der Waals surface area (Å²) in [4.78, 5) is 22.8. The Hall–Kier alpha value is -2.90. The summed E-state index contributed by atoms with van der Waals surface area (Å²) in [5.74, 6) is -0.941. The number of anilines is 1. The number of nitrogens with zero attached hydrogens (tertiary/aromatic N) is 3. The lowest BCUT2D eigenvalue weighted by Crippen LogP contribution is -2.19. The zero-order chi connectivity index (χ0) is 16.7. The highest BCUT2D eigenvalue weighted by Gasteiger charge is 2.12. The molecule has 0 aliphatic carbocycles. The molecular formula is C15H18N4O4. The third-order valence-corrected chi connectivity index (χ3v) is 2.98. The monoisotopic (exact) mass is 318 g/mol. The molecule has 0 spiro atoms. The lowest BCUT2D eigenvalue weighted by molar-refractivity contribution is -0.116. The van der Waals surface area contributed by atoms with Gasteiger partial charge < -0.3 is 15.2 Å². The molecule has 2 N–H and O–H groups in total. The first-order valence-corrected chi connectivity index (χ1v) is 7.25. The molecule has 0 unspecified atom stereocenters. The average Bonchev–Trinajstić information content (AvgIpc) is 2.98. The zero-order valence-electron chi connectivity index (χ0n) is 12.7. The van der Waals surface area contributed by atoms with Gasteiger partial charge in [0.15, 0.2) is 5.69 Å². The molecule has 23 heavy (non-hydrogen) atoms. The Bertz CT molecular complexity index is 684. The summed E-state index contributed by atoms with van der Waals surface area (Å²) >= 11 is 0. The number of hydrogen-bond donors (Lipinski definition) is 2. The standard InChI is InChI=1S/C15H18N4O4/c1-2-3-8-23-13-7-5-4-6-11(13)16-14(20)10-19-9-12(15(21)22)17-18-19/h4-7,9H,2-3,8,10H2,1H3,(H,16,20)(H,21,22). The molecule has 0 fully saturated rings. The summed E-state index contributed by atoms with van der Waals surface area (Å²) < 4.78 is 6.80. The topological polar surface area (TPSA) is 106 Å². The van der Waals surface area contributed by atoms with Gasteiger partial charge in [0, 0.05) is 0 Å². The largest absolute Gasteiger partial charge is 0.491 e. The van der Waals surface area contributed by atoms with Crippen LogP contribution in [0.25, 0.3) is 0 Å². The van der Waals surface area contributed by atoms with Crippen LogP contribution in [-0.2, 0) is 11.3 Å². The fourth-order valence-corrected chi connectivity index (χ4v) is 1.83. The Morgan fingerprint density at radius 2 is 2.13 bits per heavy atom. The van der Waals surface area contributed by atoms with Crippen LogP contribution >= 0.6 is 0 Å². The molecule has 0 atom stereocenters. The number of aromatic carboxylic acids is 1. The van der Waals surface area contributed by atoms with Crippen LogP contribution in [-0.4, -0.2) is 38.6 Å². The fraction of sp³-hybridized carbons (Fsp3) is 0.333. The van der Waals surface area contributed by atoms with Gasteiger partial charge in [0.25, 0.3) is 0 Å². The number of ether oxygens (including phenoxy) is 1. The van der Waals surface area contributed by atoms with E-state index in [1.807, 2.05) is 6.07 Å². The molecular weight excluding hydrogens is 300 g/mol. The molecule has 8 nitrogen and oxygen atoms in total. The molecule has 1 amide bonds. The van der Waals surface area contributed by atoms with E-state index in [0.717, 1.165) is 12.8 Å². The van der Waals surface area contributed by atoms with E-state index < -0.39 is 5.97 Å². The van der Waals surface area contributed by atoms with Gasteiger partial charge in [0.2, 0.25) is 5.91 Å². The van der Waals surface area contributed by atoms with E-state index in [1.54, 1.807) is 18.2 Å². The number of carbonyl (C=O) groups excluding carboxylic acids is 1. The van der Waals surface area contributed by atoms with Crippen molar-refractivity contribution < 1.29 is 19.4 Å². The summed E-state index contributed by atoms with van der Waals surface area (Å²) in [5, 5.41) is 18.5. The number of unbranched alkanes of at least 4 members (excludes halogenated alkanes) is 1. The van der Waals surface area contributed by atoms with E-state index in [1.165, 1.54) is 10.9 Å². The highest BCUT2D eigenvalue weighted by atomic mass is 16.5. The molecule has 122 valence electrons. The SMILES string of the molecule is CCCCOc1ccccc1NC(=O)Cn1cc(C(=O)O)nn1. The van der Waals surface area contributed by atoms with Crippen molar-refractivity contribution in [3.05, 3.63) is 36.2 Å². The number of rotatable bonds is 8.